The molecule has 1 aromatic carbocycles. The fourth-order valence-electron chi connectivity index (χ4n) is 3.72. The zero-order chi connectivity index (χ0) is 14.3. The fourth-order valence-corrected chi connectivity index (χ4v) is 4.24. The molecule has 2 fully saturated rings. The van der Waals surface area contributed by atoms with Crippen LogP contribution in [0.4, 0.5) is 0 Å². The van der Waals surface area contributed by atoms with Crippen molar-refractivity contribution in [1.29, 1.82) is 0 Å². The Morgan fingerprint density at radius 3 is 2.50 bits per heavy atom. The smallest absolute Gasteiger partial charge is 0.138 e. The van der Waals surface area contributed by atoms with Crippen LogP contribution in [0.2, 0.25) is 10.0 Å². The molecule has 0 heterocycles. The van der Waals surface area contributed by atoms with Crippen molar-refractivity contribution < 1.29 is 4.74 Å². The zero-order valence-corrected chi connectivity index (χ0v) is 13.5. The van der Waals surface area contributed by atoms with Gasteiger partial charge in [-0.15, -0.1) is 0 Å². The molecule has 4 heteroatoms. The van der Waals surface area contributed by atoms with E-state index in [2.05, 4.69) is 12.2 Å². The van der Waals surface area contributed by atoms with Crippen molar-refractivity contribution in [3.63, 3.8) is 0 Å². The Bertz CT molecular complexity index is 495. The summed E-state index contributed by atoms with van der Waals surface area (Å²) in [5.41, 5.74) is 1.12. The summed E-state index contributed by atoms with van der Waals surface area (Å²) < 4.78 is 5.23. The number of fused-ring (bicyclic) bond motifs is 1. The van der Waals surface area contributed by atoms with Gasteiger partial charge in [0.15, 0.2) is 0 Å². The third-order valence-corrected chi connectivity index (χ3v) is 5.40. The van der Waals surface area contributed by atoms with E-state index in [-0.39, 0.29) is 0 Å². The van der Waals surface area contributed by atoms with Crippen molar-refractivity contribution in [2.45, 2.75) is 32.2 Å². The van der Waals surface area contributed by atoms with Crippen LogP contribution in [-0.4, -0.2) is 13.7 Å². The van der Waals surface area contributed by atoms with E-state index >= 15 is 0 Å². The Hall–Kier alpha value is -0.440. The maximum Gasteiger partial charge on any atom is 0.138 e. The highest BCUT2D eigenvalue weighted by Crippen LogP contribution is 2.57. The van der Waals surface area contributed by atoms with Crippen LogP contribution < -0.4 is 10.1 Å². The minimum absolute atomic E-state index is 0.309. The molecule has 110 valence electrons. The highest BCUT2D eigenvalue weighted by atomic mass is 35.5. The van der Waals surface area contributed by atoms with Gasteiger partial charge in [-0.05, 0) is 55.2 Å². The number of ether oxygens (including phenoxy) is 1. The molecule has 0 aromatic heterocycles. The van der Waals surface area contributed by atoms with Crippen molar-refractivity contribution in [3.8, 4) is 5.75 Å². The molecule has 20 heavy (non-hydrogen) atoms. The number of hydrogen-bond acceptors (Lipinski definition) is 2. The molecule has 3 unspecified atom stereocenters. The maximum absolute atomic E-state index is 6.46. The van der Waals surface area contributed by atoms with E-state index in [0.717, 1.165) is 29.0 Å². The first-order valence-corrected chi connectivity index (χ1v) is 8.16. The van der Waals surface area contributed by atoms with Crippen LogP contribution in [0.15, 0.2) is 12.1 Å². The fraction of sp³-hybridized carbons (Fsp3) is 0.625. The summed E-state index contributed by atoms with van der Waals surface area (Å²) in [6.07, 6.45) is 4.08. The summed E-state index contributed by atoms with van der Waals surface area (Å²) in [5, 5.41) is 4.99. The summed E-state index contributed by atoms with van der Waals surface area (Å²) in [4.78, 5) is 0. The van der Waals surface area contributed by atoms with Gasteiger partial charge in [0.25, 0.3) is 0 Å². The van der Waals surface area contributed by atoms with Crippen LogP contribution in [0.3, 0.4) is 0 Å². The molecule has 0 spiro atoms. The zero-order valence-electron chi connectivity index (χ0n) is 12.0. The summed E-state index contributed by atoms with van der Waals surface area (Å²) in [6.45, 7) is 3.08. The predicted octanol–water partition coefficient (Wildman–Crippen LogP) is 4.70. The van der Waals surface area contributed by atoms with E-state index in [1.54, 1.807) is 7.11 Å². The van der Waals surface area contributed by atoms with E-state index < -0.39 is 0 Å². The molecule has 1 N–H and O–H groups in total. The van der Waals surface area contributed by atoms with Crippen molar-refractivity contribution in [3.05, 3.63) is 27.7 Å². The number of benzene rings is 1. The molecule has 2 saturated carbocycles. The van der Waals surface area contributed by atoms with Crippen LogP contribution in [-0.2, 0) is 0 Å². The standard InChI is InChI=1S/C16H21Cl2NO/c1-3-19-16(11-5-9-4-10(9)6-11)12-7-14(18)15(20-2)8-13(12)17/h7-11,16,19H,3-6H2,1-2H3. The Morgan fingerprint density at radius 1 is 1.20 bits per heavy atom. The van der Waals surface area contributed by atoms with Gasteiger partial charge in [-0.1, -0.05) is 30.1 Å². The lowest BCUT2D eigenvalue weighted by Gasteiger charge is -2.27. The first kappa shape index (κ1) is 14.5. The van der Waals surface area contributed by atoms with Gasteiger partial charge in [-0.25, -0.2) is 0 Å². The van der Waals surface area contributed by atoms with E-state index in [4.69, 9.17) is 27.9 Å². The van der Waals surface area contributed by atoms with Gasteiger partial charge in [0, 0.05) is 17.1 Å². The van der Waals surface area contributed by atoms with Crippen LogP contribution in [0, 0.1) is 17.8 Å². The SMILES string of the molecule is CCNC(c1cc(Cl)c(OC)cc1Cl)C1CC2CC2C1. The molecule has 2 aliphatic carbocycles. The normalized spacial score (nSPS) is 29.1. The molecule has 0 saturated heterocycles. The second-order valence-corrected chi connectivity index (χ2v) is 6.85. The molecule has 2 nitrogen and oxygen atoms in total. The Labute approximate surface area is 130 Å². The lowest BCUT2D eigenvalue weighted by molar-refractivity contribution is 0.346. The first-order chi connectivity index (χ1) is 9.63. The van der Waals surface area contributed by atoms with E-state index in [1.807, 2.05) is 12.1 Å². The van der Waals surface area contributed by atoms with Crippen LogP contribution in [0.25, 0.3) is 0 Å². The highest BCUT2D eigenvalue weighted by Gasteiger charge is 2.48. The van der Waals surface area contributed by atoms with Gasteiger partial charge in [0.2, 0.25) is 0 Å². The third kappa shape index (κ3) is 2.66. The Balaban J connectivity index is 1.88. The Morgan fingerprint density at radius 2 is 1.90 bits per heavy atom. The summed E-state index contributed by atoms with van der Waals surface area (Å²) in [6, 6.07) is 4.11. The third-order valence-electron chi connectivity index (χ3n) is 4.78. The molecular weight excluding hydrogens is 293 g/mol. The second-order valence-electron chi connectivity index (χ2n) is 6.03. The van der Waals surface area contributed by atoms with Gasteiger partial charge in [0.1, 0.15) is 5.75 Å². The van der Waals surface area contributed by atoms with Crippen molar-refractivity contribution >= 4 is 23.2 Å². The largest absolute Gasteiger partial charge is 0.495 e. The summed E-state index contributed by atoms with van der Waals surface area (Å²) >= 11 is 12.7. The molecule has 3 atom stereocenters. The van der Waals surface area contributed by atoms with Crippen LogP contribution >= 0.6 is 23.2 Å². The Kier molecular flexibility index (Phi) is 4.16. The van der Waals surface area contributed by atoms with Crippen LogP contribution in [0.5, 0.6) is 5.75 Å². The molecule has 1 aromatic rings. The van der Waals surface area contributed by atoms with Gasteiger partial charge in [-0.3, -0.25) is 0 Å². The average Bonchev–Trinajstić information content (AvgIpc) is 3.05. The average molecular weight is 314 g/mol. The first-order valence-electron chi connectivity index (χ1n) is 7.40. The topological polar surface area (TPSA) is 21.3 Å². The minimum Gasteiger partial charge on any atom is -0.495 e. The van der Waals surface area contributed by atoms with Gasteiger partial charge >= 0.3 is 0 Å². The monoisotopic (exact) mass is 313 g/mol. The predicted molar refractivity (Wildman–Crippen MR) is 83.8 cm³/mol. The molecule has 0 bridgehead atoms. The number of halogens is 2. The maximum atomic E-state index is 6.46. The summed E-state index contributed by atoms with van der Waals surface area (Å²) in [5.74, 6) is 3.26. The van der Waals surface area contributed by atoms with E-state index in [9.17, 15) is 0 Å². The molecule has 0 aliphatic heterocycles. The number of hydrogen-bond donors (Lipinski definition) is 1. The number of nitrogens with one attached hydrogen (secondary N) is 1. The van der Waals surface area contributed by atoms with Crippen molar-refractivity contribution in [1.82, 2.24) is 5.32 Å². The van der Waals surface area contributed by atoms with Crippen molar-refractivity contribution in [2.24, 2.45) is 17.8 Å². The molecule has 3 rings (SSSR count). The van der Waals surface area contributed by atoms with E-state index in [1.165, 1.54) is 19.3 Å². The number of rotatable bonds is 5. The van der Waals surface area contributed by atoms with Gasteiger partial charge < -0.3 is 10.1 Å². The second kappa shape index (κ2) is 5.75. The van der Waals surface area contributed by atoms with Gasteiger partial charge in [0.05, 0.1) is 12.1 Å². The minimum atomic E-state index is 0.309. The summed E-state index contributed by atoms with van der Waals surface area (Å²) in [7, 11) is 1.61. The number of methoxy groups -OCH3 is 1. The lowest BCUT2D eigenvalue weighted by atomic mass is 9.89. The molecule has 2 aliphatic rings. The molecule has 0 radical (unpaired) electrons. The highest BCUT2D eigenvalue weighted by molar-refractivity contribution is 6.34. The lowest BCUT2D eigenvalue weighted by Crippen LogP contribution is -2.28. The van der Waals surface area contributed by atoms with E-state index in [0.29, 0.717) is 22.7 Å². The van der Waals surface area contributed by atoms with Gasteiger partial charge in [-0.2, -0.15) is 0 Å². The van der Waals surface area contributed by atoms with Crippen LogP contribution in [0.1, 0.15) is 37.8 Å². The molecule has 0 amide bonds. The quantitative estimate of drug-likeness (QED) is 0.850. The van der Waals surface area contributed by atoms with Crippen molar-refractivity contribution in [2.75, 3.05) is 13.7 Å². The molecular formula is C16H21Cl2NO.